The molecule has 0 saturated carbocycles. The largest absolute Gasteiger partial charge is 0.394 e. The smallest absolute Gasteiger partial charge is 0.368 e. The van der Waals surface area contributed by atoms with E-state index < -0.39 is 16.7 Å². The van der Waals surface area contributed by atoms with Crippen molar-refractivity contribution >= 4 is 22.8 Å². The molecule has 6 nitrogen and oxygen atoms in total. The molecule has 0 aromatic heterocycles. The number of halogens is 1. The van der Waals surface area contributed by atoms with Gasteiger partial charge in [-0.3, -0.25) is 9.11 Å². The van der Waals surface area contributed by atoms with Crippen LogP contribution in [0.3, 0.4) is 0 Å². The van der Waals surface area contributed by atoms with E-state index in [1.54, 1.807) is 6.92 Å². The zero-order chi connectivity index (χ0) is 8.78. The number of rotatable bonds is 1. The minimum atomic E-state index is -4.67. The van der Waals surface area contributed by atoms with Gasteiger partial charge >= 0.3 is 10.4 Å². The van der Waals surface area contributed by atoms with E-state index in [9.17, 15) is 0 Å². The lowest BCUT2D eigenvalue weighted by Gasteiger charge is -1.90. The second kappa shape index (κ2) is 8.18. The Hall–Kier alpha value is 0.0800. The van der Waals surface area contributed by atoms with E-state index in [1.165, 1.54) is 0 Å². The van der Waals surface area contributed by atoms with Crippen LogP contribution < -0.4 is 0 Å². The molecule has 0 amide bonds. The van der Waals surface area contributed by atoms with E-state index in [-0.39, 0.29) is 12.4 Å². The lowest BCUT2D eigenvalue weighted by molar-refractivity contribution is -0.0413. The summed E-state index contributed by atoms with van der Waals surface area (Å²) in [6.45, 7) is 1.70. The van der Waals surface area contributed by atoms with Crippen molar-refractivity contribution in [1.29, 1.82) is 0 Å². The summed E-state index contributed by atoms with van der Waals surface area (Å²) in [5, 5.41) is 15.8. The second-order valence-corrected chi connectivity index (χ2v) is 2.23. The summed E-state index contributed by atoms with van der Waals surface area (Å²) in [6.07, 6.45) is -0.699. The van der Waals surface area contributed by atoms with Crippen LogP contribution in [0.5, 0.6) is 0 Å². The summed E-state index contributed by atoms with van der Waals surface area (Å²) < 4.78 is 31.6. The standard InChI is InChI=1S/C3H8O2.ClH.H2O4S/c1-2-3(4)5;;1-5(2,3)4/h3-5H,2H2,1H3;1H;(H2,1,2,3,4). The van der Waals surface area contributed by atoms with Crippen molar-refractivity contribution in [2.45, 2.75) is 19.6 Å². The topological polar surface area (TPSA) is 115 Å². The maximum atomic E-state index is 8.74. The summed E-state index contributed by atoms with van der Waals surface area (Å²) in [5.74, 6) is 0. The molecule has 0 bridgehead atoms. The molecule has 0 rings (SSSR count). The molecule has 0 fully saturated rings. The first kappa shape index (κ1) is 17.2. The summed E-state index contributed by atoms with van der Waals surface area (Å²) in [7, 11) is -4.67. The van der Waals surface area contributed by atoms with E-state index in [4.69, 9.17) is 27.7 Å². The van der Waals surface area contributed by atoms with Crippen molar-refractivity contribution in [3.05, 3.63) is 0 Å². The lowest BCUT2D eigenvalue weighted by Crippen LogP contribution is -1.99. The number of hydrogen-bond acceptors (Lipinski definition) is 4. The molecule has 72 valence electrons. The molecule has 0 heterocycles. The summed E-state index contributed by atoms with van der Waals surface area (Å²) in [4.78, 5) is 0. The fourth-order valence-electron chi connectivity index (χ4n) is 0. The van der Waals surface area contributed by atoms with Gasteiger partial charge in [-0.25, -0.2) is 0 Å². The fourth-order valence-corrected chi connectivity index (χ4v) is 0. The van der Waals surface area contributed by atoms with E-state index in [0.717, 1.165) is 0 Å². The van der Waals surface area contributed by atoms with Crippen LogP contribution in [-0.4, -0.2) is 34.0 Å². The number of aliphatic hydroxyl groups excluding tert-OH is 1. The fraction of sp³-hybridized carbons (Fsp3) is 1.00. The molecular weight excluding hydrogens is 200 g/mol. The minimum absolute atomic E-state index is 0. The number of aliphatic hydroxyl groups is 2. The quantitative estimate of drug-likeness (QED) is 0.342. The van der Waals surface area contributed by atoms with Crippen LogP contribution >= 0.6 is 12.4 Å². The van der Waals surface area contributed by atoms with Gasteiger partial charge in [0, 0.05) is 0 Å². The van der Waals surface area contributed by atoms with Crippen molar-refractivity contribution < 1.29 is 27.7 Å². The highest BCUT2D eigenvalue weighted by molar-refractivity contribution is 7.79. The van der Waals surface area contributed by atoms with Crippen LogP contribution in [0.1, 0.15) is 13.3 Å². The van der Waals surface area contributed by atoms with Crippen molar-refractivity contribution in [2.75, 3.05) is 0 Å². The first-order valence-electron chi connectivity index (χ1n) is 2.33. The Balaban J connectivity index is -0.000000107. The van der Waals surface area contributed by atoms with Crippen molar-refractivity contribution in [3.63, 3.8) is 0 Å². The Morgan fingerprint density at radius 1 is 1.27 bits per heavy atom. The Morgan fingerprint density at radius 3 is 1.36 bits per heavy atom. The molecule has 0 aliphatic carbocycles. The molecule has 0 aliphatic heterocycles. The van der Waals surface area contributed by atoms with Crippen LogP contribution in [0.4, 0.5) is 0 Å². The van der Waals surface area contributed by atoms with Gasteiger partial charge in [-0.1, -0.05) is 6.92 Å². The number of hydrogen-bond donors (Lipinski definition) is 4. The predicted octanol–water partition coefficient (Wildman–Crippen LogP) is -0.524. The van der Waals surface area contributed by atoms with Crippen LogP contribution in [0.2, 0.25) is 0 Å². The molecular formula is C3H11ClO6S. The van der Waals surface area contributed by atoms with Gasteiger partial charge in [-0.05, 0) is 6.42 Å². The molecule has 4 N–H and O–H groups in total. The Bertz CT molecular complexity index is 143. The zero-order valence-corrected chi connectivity index (χ0v) is 7.34. The molecule has 0 unspecified atom stereocenters. The highest BCUT2D eigenvalue weighted by Crippen LogP contribution is 1.77. The molecule has 11 heavy (non-hydrogen) atoms. The van der Waals surface area contributed by atoms with Gasteiger partial charge in [0.25, 0.3) is 0 Å². The van der Waals surface area contributed by atoms with Gasteiger partial charge in [-0.2, -0.15) is 8.42 Å². The van der Waals surface area contributed by atoms with E-state index >= 15 is 0 Å². The highest BCUT2D eigenvalue weighted by Gasteiger charge is 1.84. The molecule has 0 aliphatic rings. The van der Waals surface area contributed by atoms with E-state index in [1.807, 2.05) is 0 Å². The third-order valence-electron chi connectivity index (χ3n) is 0.365. The van der Waals surface area contributed by atoms with E-state index in [0.29, 0.717) is 6.42 Å². The monoisotopic (exact) mass is 210 g/mol. The second-order valence-electron chi connectivity index (χ2n) is 1.34. The van der Waals surface area contributed by atoms with Gasteiger partial charge in [0.15, 0.2) is 6.29 Å². The summed E-state index contributed by atoms with van der Waals surface area (Å²) >= 11 is 0. The van der Waals surface area contributed by atoms with Crippen LogP contribution in [-0.2, 0) is 10.4 Å². The molecule has 0 aromatic rings. The van der Waals surface area contributed by atoms with Gasteiger partial charge in [-0.15, -0.1) is 12.4 Å². The van der Waals surface area contributed by atoms with Crippen molar-refractivity contribution in [2.24, 2.45) is 0 Å². The Morgan fingerprint density at radius 2 is 1.36 bits per heavy atom. The van der Waals surface area contributed by atoms with Crippen molar-refractivity contribution in [1.82, 2.24) is 0 Å². The first-order chi connectivity index (χ1) is 4.27. The van der Waals surface area contributed by atoms with Gasteiger partial charge in [0.05, 0.1) is 0 Å². The average molecular weight is 211 g/mol. The third kappa shape index (κ3) is 152. The molecule has 0 saturated heterocycles. The predicted molar refractivity (Wildman–Crippen MR) is 39.9 cm³/mol. The van der Waals surface area contributed by atoms with Gasteiger partial charge in [0.2, 0.25) is 0 Å². The molecule has 0 aromatic carbocycles. The first-order valence-corrected chi connectivity index (χ1v) is 3.73. The van der Waals surface area contributed by atoms with Gasteiger partial charge in [0.1, 0.15) is 0 Å². The molecule has 8 heteroatoms. The van der Waals surface area contributed by atoms with Crippen LogP contribution in [0, 0.1) is 0 Å². The average Bonchev–Trinajstić information content (AvgIpc) is 1.61. The van der Waals surface area contributed by atoms with Crippen LogP contribution in [0.15, 0.2) is 0 Å². The lowest BCUT2D eigenvalue weighted by atomic mass is 10.5. The van der Waals surface area contributed by atoms with E-state index in [2.05, 4.69) is 0 Å². The summed E-state index contributed by atoms with van der Waals surface area (Å²) in [6, 6.07) is 0. The molecule has 0 radical (unpaired) electrons. The zero-order valence-electron chi connectivity index (χ0n) is 5.71. The van der Waals surface area contributed by atoms with Crippen molar-refractivity contribution in [3.8, 4) is 0 Å². The SMILES string of the molecule is CCC(O)O.Cl.O=S(=O)(O)O. The summed E-state index contributed by atoms with van der Waals surface area (Å²) in [5.41, 5.74) is 0. The van der Waals surface area contributed by atoms with Gasteiger partial charge < -0.3 is 10.2 Å². The Kier molecular flexibility index (Phi) is 12.8. The third-order valence-corrected chi connectivity index (χ3v) is 0.365. The maximum Gasteiger partial charge on any atom is 0.394 e. The molecule has 0 atom stereocenters. The Labute approximate surface area is 70.8 Å². The van der Waals surface area contributed by atoms with Crippen LogP contribution in [0.25, 0.3) is 0 Å². The highest BCUT2D eigenvalue weighted by atomic mass is 35.5. The maximum absolute atomic E-state index is 8.74. The molecule has 0 spiro atoms. The minimum Gasteiger partial charge on any atom is -0.368 e. The normalized spacial score (nSPS) is 9.64.